The van der Waals surface area contributed by atoms with Crippen LogP contribution in [0.5, 0.6) is 0 Å². The number of carbonyl (C=O) groups excluding carboxylic acids is 2. The van der Waals surface area contributed by atoms with Gasteiger partial charge in [0.15, 0.2) is 5.78 Å². The molecule has 0 aliphatic heterocycles. The van der Waals surface area contributed by atoms with Gasteiger partial charge in [-0.2, -0.15) is 0 Å². The smallest absolute Gasteiger partial charge is 0.220 e. The van der Waals surface area contributed by atoms with Crippen molar-refractivity contribution in [3.63, 3.8) is 0 Å². The molecular weight excluding hydrogens is 290 g/mol. The van der Waals surface area contributed by atoms with Gasteiger partial charge in [-0.15, -0.1) is 0 Å². The Balaban J connectivity index is 2.07. The van der Waals surface area contributed by atoms with Crippen molar-refractivity contribution in [2.75, 3.05) is 5.48 Å². The van der Waals surface area contributed by atoms with E-state index in [0.717, 1.165) is 5.69 Å². The van der Waals surface area contributed by atoms with Gasteiger partial charge in [0.1, 0.15) is 0 Å². The highest BCUT2D eigenvalue weighted by Crippen LogP contribution is 2.30. The van der Waals surface area contributed by atoms with Gasteiger partial charge in [0, 0.05) is 6.42 Å². The largest absolute Gasteiger partial charge is 0.346 e. The second-order valence-electron chi connectivity index (χ2n) is 5.99. The molecule has 1 aromatic rings. The number of ketones is 1. The van der Waals surface area contributed by atoms with E-state index in [9.17, 15) is 9.59 Å². The molecule has 1 aliphatic carbocycles. The number of aromatic nitrogens is 1. The maximum atomic E-state index is 12.4. The van der Waals surface area contributed by atoms with Crippen LogP contribution in [0.25, 0.3) is 0 Å². The lowest BCUT2D eigenvalue weighted by atomic mass is 9.96. The highest BCUT2D eigenvalue weighted by molar-refractivity contribution is 7.17. The lowest BCUT2D eigenvalue weighted by Gasteiger charge is -2.20. The third-order valence-electron chi connectivity index (χ3n) is 3.01. The summed E-state index contributed by atoms with van der Waals surface area (Å²) < 4.78 is 0. The van der Waals surface area contributed by atoms with Crippen molar-refractivity contribution < 1.29 is 14.4 Å². The molecule has 0 saturated carbocycles. The first kappa shape index (κ1) is 15.9. The minimum Gasteiger partial charge on any atom is -0.346 e. The normalized spacial score (nSPS) is 18.3. The zero-order valence-corrected chi connectivity index (χ0v) is 13.6. The van der Waals surface area contributed by atoms with Crippen molar-refractivity contribution in [3.8, 4) is 0 Å². The van der Waals surface area contributed by atoms with E-state index in [1.54, 1.807) is 6.92 Å². The average molecular weight is 311 g/mol. The van der Waals surface area contributed by atoms with Crippen LogP contribution in [0.1, 0.15) is 55.9 Å². The van der Waals surface area contributed by atoms with Crippen LogP contribution in [-0.2, 0) is 16.1 Å². The van der Waals surface area contributed by atoms with Crippen molar-refractivity contribution in [2.24, 2.45) is 0 Å². The van der Waals surface area contributed by atoms with Crippen LogP contribution in [-0.4, -0.2) is 28.3 Å². The van der Waals surface area contributed by atoms with Crippen LogP contribution in [0.2, 0.25) is 0 Å². The number of nitrogens with one attached hydrogen (secondary N) is 2. The Kier molecular flexibility index (Phi) is 4.63. The fraction of sp³-hybridized carbons (Fsp3) is 0.643. The number of rotatable bonds is 4. The second-order valence-corrected chi connectivity index (χ2v) is 6.99. The van der Waals surface area contributed by atoms with Crippen molar-refractivity contribution in [1.29, 1.82) is 0 Å². The SMILES string of the molecule is CCC(=O)NC1CCc2nc(NOC(C)(C)C)sc2C1=O. The van der Waals surface area contributed by atoms with Gasteiger partial charge in [-0.1, -0.05) is 18.3 Å². The number of fused-ring (bicyclic) bond motifs is 1. The van der Waals surface area contributed by atoms with E-state index < -0.39 is 6.04 Å². The minimum absolute atomic E-state index is 0.0561. The lowest BCUT2D eigenvalue weighted by molar-refractivity contribution is -0.121. The third-order valence-corrected chi connectivity index (χ3v) is 4.02. The Morgan fingerprint density at radius 3 is 2.81 bits per heavy atom. The molecule has 116 valence electrons. The summed E-state index contributed by atoms with van der Waals surface area (Å²) in [7, 11) is 0. The first-order valence-electron chi connectivity index (χ1n) is 7.07. The topological polar surface area (TPSA) is 80.3 Å². The molecule has 1 aliphatic rings. The summed E-state index contributed by atoms with van der Waals surface area (Å²) in [5, 5.41) is 3.34. The van der Waals surface area contributed by atoms with E-state index in [-0.39, 0.29) is 17.3 Å². The van der Waals surface area contributed by atoms with E-state index in [1.807, 2.05) is 20.8 Å². The molecular formula is C14H21N3O3S. The van der Waals surface area contributed by atoms with Crippen LogP contribution in [0.3, 0.4) is 0 Å². The zero-order chi connectivity index (χ0) is 15.6. The van der Waals surface area contributed by atoms with Crippen LogP contribution in [0.4, 0.5) is 5.13 Å². The minimum atomic E-state index is -0.429. The summed E-state index contributed by atoms with van der Waals surface area (Å²) in [4.78, 5) is 34.3. The Hall–Kier alpha value is -1.47. The number of carbonyl (C=O) groups is 2. The lowest BCUT2D eigenvalue weighted by Crippen LogP contribution is -2.42. The van der Waals surface area contributed by atoms with Crippen LogP contribution in [0.15, 0.2) is 0 Å². The van der Waals surface area contributed by atoms with Crippen LogP contribution < -0.4 is 10.8 Å². The molecule has 1 amide bonds. The maximum absolute atomic E-state index is 12.4. The third kappa shape index (κ3) is 4.01. The van der Waals surface area contributed by atoms with Gasteiger partial charge in [0.25, 0.3) is 0 Å². The fourth-order valence-corrected chi connectivity index (χ4v) is 2.90. The van der Waals surface area contributed by atoms with Crippen molar-refractivity contribution in [3.05, 3.63) is 10.6 Å². The number of amides is 1. The van der Waals surface area contributed by atoms with Gasteiger partial charge >= 0.3 is 0 Å². The molecule has 2 rings (SSSR count). The number of hydrogen-bond acceptors (Lipinski definition) is 6. The number of Topliss-reactive ketones (excluding diaryl/α,β-unsaturated/α-hetero) is 1. The Bertz CT molecular complexity index is 548. The quantitative estimate of drug-likeness (QED) is 0.834. The predicted octanol–water partition coefficient (Wildman–Crippen LogP) is 2.31. The molecule has 7 heteroatoms. The van der Waals surface area contributed by atoms with Gasteiger partial charge in [0.2, 0.25) is 11.0 Å². The van der Waals surface area contributed by atoms with Gasteiger partial charge in [-0.05, 0) is 33.6 Å². The van der Waals surface area contributed by atoms with Crippen LogP contribution >= 0.6 is 11.3 Å². The predicted molar refractivity (Wildman–Crippen MR) is 81.4 cm³/mol. The molecule has 0 radical (unpaired) electrons. The molecule has 21 heavy (non-hydrogen) atoms. The number of anilines is 1. The summed E-state index contributed by atoms with van der Waals surface area (Å²) in [5.74, 6) is -0.157. The molecule has 0 bridgehead atoms. The highest BCUT2D eigenvalue weighted by atomic mass is 32.1. The van der Waals surface area contributed by atoms with Gasteiger partial charge in [-0.3, -0.25) is 14.4 Å². The van der Waals surface area contributed by atoms with Crippen LogP contribution in [0, 0.1) is 0 Å². The van der Waals surface area contributed by atoms with Gasteiger partial charge in [0.05, 0.1) is 22.2 Å². The van der Waals surface area contributed by atoms with E-state index >= 15 is 0 Å². The van der Waals surface area contributed by atoms with E-state index in [0.29, 0.717) is 29.3 Å². The molecule has 2 N–H and O–H groups in total. The summed E-state index contributed by atoms with van der Waals surface area (Å²) >= 11 is 1.27. The highest BCUT2D eigenvalue weighted by Gasteiger charge is 2.31. The maximum Gasteiger partial charge on any atom is 0.220 e. The molecule has 0 fully saturated rings. The summed E-state index contributed by atoms with van der Waals surface area (Å²) in [6, 6.07) is -0.429. The molecule has 0 spiro atoms. The van der Waals surface area contributed by atoms with Crippen molar-refractivity contribution >= 4 is 28.2 Å². The average Bonchev–Trinajstić information content (AvgIpc) is 2.83. The van der Waals surface area contributed by atoms with Crippen molar-refractivity contribution in [1.82, 2.24) is 10.3 Å². The fourth-order valence-electron chi connectivity index (χ4n) is 1.96. The monoisotopic (exact) mass is 311 g/mol. The molecule has 1 aromatic heterocycles. The molecule has 1 heterocycles. The standard InChI is InChI=1S/C14H21N3O3S/c1-5-10(18)15-8-6-7-9-12(11(8)19)21-13(16-9)17-20-14(2,3)4/h8H,5-7H2,1-4H3,(H,15,18)(H,16,17). The molecule has 6 nitrogen and oxygen atoms in total. The number of aryl methyl sites for hydroxylation is 1. The van der Waals surface area contributed by atoms with Crippen molar-refractivity contribution in [2.45, 2.75) is 58.6 Å². The van der Waals surface area contributed by atoms with E-state index in [4.69, 9.17) is 4.84 Å². The zero-order valence-electron chi connectivity index (χ0n) is 12.8. The molecule has 0 saturated heterocycles. The number of thiazole rings is 1. The summed E-state index contributed by atoms with van der Waals surface area (Å²) in [5.41, 5.74) is 3.24. The summed E-state index contributed by atoms with van der Waals surface area (Å²) in [6.07, 6.45) is 1.66. The number of nitrogens with zero attached hydrogens (tertiary/aromatic N) is 1. The van der Waals surface area contributed by atoms with Gasteiger partial charge < -0.3 is 5.32 Å². The first-order valence-corrected chi connectivity index (χ1v) is 7.89. The van der Waals surface area contributed by atoms with E-state index in [2.05, 4.69) is 15.8 Å². The molecule has 1 unspecified atom stereocenters. The summed E-state index contributed by atoms with van der Waals surface area (Å²) in [6.45, 7) is 7.55. The number of hydrogen-bond donors (Lipinski definition) is 2. The van der Waals surface area contributed by atoms with E-state index in [1.165, 1.54) is 11.3 Å². The Morgan fingerprint density at radius 1 is 1.48 bits per heavy atom. The second kappa shape index (κ2) is 6.11. The van der Waals surface area contributed by atoms with Gasteiger partial charge in [-0.25, -0.2) is 10.5 Å². The molecule has 1 atom stereocenters. The first-order chi connectivity index (χ1) is 9.80. The Morgan fingerprint density at radius 2 is 2.19 bits per heavy atom. The Labute approximate surface area is 128 Å². The molecule has 0 aromatic carbocycles.